The van der Waals surface area contributed by atoms with Crippen molar-refractivity contribution >= 4 is 37.8 Å². The summed E-state index contributed by atoms with van der Waals surface area (Å²) < 4.78 is 15.5. The van der Waals surface area contributed by atoms with Gasteiger partial charge in [0.1, 0.15) is 0 Å². The van der Waals surface area contributed by atoms with Crippen LogP contribution in [0.2, 0.25) is 24.9 Å². The molecule has 0 bridgehead atoms. The Morgan fingerprint density at radius 3 is 2.31 bits per heavy atom. The van der Waals surface area contributed by atoms with E-state index >= 15 is 0 Å². The second-order valence-corrected chi connectivity index (χ2v) is 39.5. The predicted octanol–water partition coefficient (Wildman–Crippen LogP) is 6.35. The first kappa shape index (κ1) is 22.5. The van der Waals surface area contributed by atoms with Gasteiger partial charge in [-0.05, 0) is 0 Å². The van der Waals surface area contributed by atoms with Crippen LogP contribution in [0.15, 0.2) is 30.3 Å². The molecule has 1 unspecified atom stereocenters. The van der Waals surface area contributed by atoms with Crippen LogP contribution in [0.1, 0.15) is 36.1 Å². The molecule has 148 valence electrons. The molecule has 1 aromatic carbocycles. The van der Waals surface area contributed by atoms with Crippen LogP contribution < -0.4 is 3.80 Å². The van der Waals surface area contributed by atoms with Gasteiger partial charge in [-0.3, -0.25) is 0 Å². The van der Waals surface area contributed by atoms with Gasteiger partial charge in [-0.15, -0.1) is 0 Å². The molecular weight excluding hydrogens is 421 g/mol. The summed E-state index contributed by atoms with van der Waals surface area (Å²) in [5, 5.41) is 1.79. The molecule has 0 amide bonds. The van der Waals surface area contributed by atoms with Crippen molar-refractivity contribution in [3.63, 3.8) is 0 Å². The molecule has 3 nitrogen and oxygen atoms in total. The van der Waals surface area contributed by atoms with E-state index in [9.17, 15) is 0 Å². The Hall–Kier alpha value is 0.221. The molecule has 1 atom stereocenters. The number of rotatable bonds is 6. The molecule has 0 spiro atoms. The summed E-state index contributed by atoms with van der Waals surface area (Å²) in [5.74, 6) is 0. The average Bonchev–Trinajstić information content (AvgIpc) is 2.78. The van der Waals surface area contributed by atoms with Gasteiger partial charge in [-0.1, -0.05) is 0 Å². The molecule has 1 N–H and O–H groups in total. The molecule has 1 aromatic rings. The fraction of sp³-hybridized carbons (Fsp3) is 0.526. The van der Waals surface area contributed by atoms with Crippen LogP contribution >= 0.6 is 18.6 Å². The third-order valence-corrected chi connectivity index (χ3v) is 17.7. The van der Waals surface area contributed by atoms with Crippen molar-refractivity contribution in [2.75, 3.05) is 6.79 Å². The SMILES string of the molecule is [CH2]=[Ti]([CH3])([Cl])([Cl])([NH]C(C)(C)C)([O]CO[Si](C)(C)C)[CH]1C=Cc2ccccc21. The van der Waals surface area contributed by atoms with Gasteiger partial charge in [0.2, 0.25) is 0 Å². The van der Waals surface area contributed by atoms with Gasteiger partial charge >= 0.3 is 164 Å². The van der Waals surface area contributed by atoms with Crippen molar-refractivity contribution in [1.29, 1.82) is 0 Å². The number of benzene rings is 1. The van der Waals surface area contributed by atoms with Gasteiger partial charge in [-0.2, -0.15) is 0 Å². The molecule has 0 radical (unpaired) electrons. The van der Waals surface area contributed by atoms with E-state index in [2.05, 4.69) is 28.3 Å². The zero-order valence-electron chi connectivity index (χ0n) is 17.0. The van der Waals surface area contributed by atoms with Gasteiger partial charge in [0.15, 0.2) is 0 Å². The number of nitrogens with one attached hydrogen (secondary N) is 1. The van der Waals surface area contributed by atoms with Gasteiger partial charge in [-0.25, -0.2) is 0 Å². The van der Waals surface area contributed by atoms with Crippen molar-refractivity contribution in [3.05, 3.63) is 41.5 Å². The van der Waals surface area contributed by atoms with Crippen LogP contribution in [0.3, 0.4) is 0 Å². The minimum absolute atomic E-state index is 0.00824. The van der Waals surface area contributed by atoms with E-state index in [4.69, 9.17) is 26.4 Å². The van der Waals surface area contributed by atoms with E-state index in [0.29, 0.717) is 0 Å². The topological polar surface area (TPSA) is 30.5 Å². The molecular formula is C19H33Cl2NO2SiTi. The normalized spacial score (nSPS) is 22.2. The van der Waals surface area contributed by atoms with Gasteiger partial charge in [0.05, 0.1) is 0 Å². The van der Waals surface area contributed by atoms with Crippen LogP contribution in [0.25, 0.3) is 6.08 Å². The monoisotopic (exact) mass is 453 g/mol. The van der Waals surface area contributed by atoms with E-state index in [-0.39, 0.29) is 6.79 Å². The van der Waals surface area contributed by atoms with Crippen molar-refractivity contribution in [2.24, 2.45) is 0 Å². The van der Waals surface area contributed by atoms with Crippen molar-refractivity contribution in [1.82, 2.24) is 3.80 Å². The summed E-state index contributed by atoms with van der Waals surface area (Å²) in [6, 6.07) is 8.07. The molecule has 0 aliphatic heterocycles. The maximum absolute atomic E-state index is 7.54. The van der Waals surface area contributed by atoms with Crippen molar-refractivity contribution in [2.45, 2.75) is 55.4 Å². The molecule has 1 aliphatic rings. The third-order valence-electron chi connectivity index (χ3n) is 4.72. The van der Waals surface area contributed by atoms with Crippen LogP contribution in [-0.4, -0.2) is 25.5 Å². The van der Waals surface area contributed by atoms with Gasteiger partial charge < -0.3 is 0 Å². The summed E-state index contributed by atoms with van der Waals surface area (Å²) >= 11 is 0. The van der Waals surface area contributed by atoms with Gasteiger partial charge in [0.25, 0.3) is 0 Å². The number of hydrogen-bond donors (Lipinski definition) is 1. The minimum atomic E-state index is -6.11. The molecule has 26 heavy (non-hydrogen) atoms. The first-order chi connectivity index (χ1) is 11.3. The van der Waals surface area contributed by atoms with E-state index in [1.165, 1.54) is 0 Å². The summed E-state index contributed by atoms with van der Waals surface area (Å²) in [5.41, 5.74) is 1.69. The van der Waals surface area contributed by atoms with E-state index in [1.54, 1.807) is 5.23 Å². The fourth-order valence-electron chi connectivity index (χ4n) is 4.01. The van der Waals surface area contributed by atoms with E-state index in [0.717, 1.165) is 11.1 Å². The Labute approximate surface area is 163 Å². The Morgan fingerprint density at radius 1 is 1.19 bits per heavy atom. The Morgan fingerprint density at radius 2 is 1.77 bits per heavy atom. The van der Waals surface area contributed by atoms with E-state index in [1.807, 2.05) is 57.2 Å². The Kier molecular flexibility index (Phi) is 4.70. The first-order valence-corrected chi connectivity index (χ1v) is 21.8. The van der Waals surface area contributed by atoms with Crippen molar-refractivity contribution < 1.29 is 18.5 Å². The summed E-state index contributed by atoms with van der Waals surface area (Å²) in [4.78, 5) is 4.51. The van der Waals surface area contributed by atoms with Crippen LogP contribution in [0, 0.1) is 0 Å². The molecule has 0 aromatic heterocycles. The molecule has 2 rings (SSSR count). The zero-order chi connectivity index (χ0) is 20.2. The third kappa shape index (κ3) is 4.79. The van der Waals surface area contributed by atoms with Gasteiger partial charge in [0, 0.05) is 0 Å². The first-order valence-electron chi connectivity index (χ1n) is 9.08. The molecule has 7 heteroatoms. The summed E-state index contributed by atoms with van der Waals surface area (Å²) in [7, 11) is 7.15. The molecule has 0 saturated heterocycles. The predicted molar refractivity (Wildman–Crippen MR) is 116 cm³/mol. The fourth-order valence-corrected chi connectivity index (χ4v) is 17.5. The molecule has 0 fully saturated rings. The molecule has 1 aliphatic carbocycles. The standard InChI is InChI=1S/C9H7.C4H10N.C4H11O2Si.CH3.CH2.2ClH.Ti/c1-2-5-9-7-3-6-8(9)4-1;1-4(2,3)5;1-7(2,3)6-4-5;;;;;/h1-7H;5H,1-3H3;4H2,1-3H3;1H3;1H2;2*1H;/q;2*-1;;;;;+4/p-2. The van der Waals surface area contributed by atoms with E-state index < -0.39 is 28.9 Å². The molecule has 0 saturated carbocycles. The number of allylic oxidation sites excluding steroid dienone is 1. The van der Waals surface area contributed by atoms with Crippen molar-refractivity contribution in [3.8, 4) is 0 Å². The summed E-state index contributed by atoms with van der Waals surface area (Å²) in [6.07, 6.45) is 4.05. The van der Waals surface area contributed by atoms with Crippen LogP contribution in [-0.2, 0) is 18.5 Å². The maximum atomic E-state index is 7.54. The number of halogens is 2. The van der Waals surface area contributed by atoms with Crippen LogP contribution in [0.5, 0.6) is 0 Å². The summed E-state index contributed by atoms with van der Waals surface area (Å²) in [6.45, 7) is 12.3. The van der Waals surface area contributed by atoms with Crippen LogP contribution in [0.4, 0.5) is 0 Å². The Bertz CT molecular complexity index is 873. The average molecular weight is 454 g/mol. The number of hydrogen-bond acceptors (Lipinski definition) is 3. The quantitative estimate of drug-likeness (QED) is 0.402. The second-order valence-electron chi connectivity index (χ2n) is 10.6. The zero-order valence-corrected chi connectivity index (χ0v) is 21.1. The Balaban J connectivity index is 2.65. The second kappa shape index (κ2) is 5.43. The molecule has 0 heterocycles. The number of fused-ring (bicyclic) bond motifs is 1.